The predicted molar refractivity (Wildman–Crippen MR) is 123 cm³/mol. The number of nitrogens with zero attached hydrogens (tertiary/aromatic N) is 4. The van der Waals surface area contributed by atoms with Gasteiger partial charge in [-0.2, -0.15) is 5.10 Å². The lowest BCUT2D eigenvalue weighted by molar-refractivity contribution is -0.386. The van der Waals surface area contributed by atoms with E-state index < -0.39 is 4.92 Å². The highest BCUT2D eigenvalue weighted by Crippen LogP contribution is 2.38. The van der Waals surface area contributed by atoms with Gasteiger partial charge in [-0.25, -0.2) is 10.4 Å². The Kier molecular flexibility index (Phi) is 7.66. The molecule has 0 saturated carbocycles. The van der Waals surface area contributed by atoms with Gasteiger partial charge in [0.1, 0.15) is 0 Å². The molecular formula is C21H23N5O5S. The van der Waals surface area contributed by atoms with Crippen LogP contribution in [0, 0.1) is 10.1 Å². The summed E-state index contributed by atoms with van der Waals surface area (Å²) in [5, 5.41) is 16.1. The number of fused-ring (bicyclic) bond motifs is 1. The molecule has 168 valence electrons. The van der Waals surface area contributed by atoms with Crippen molar-refractivity contribution in [3.05, 3.63) is 52.1 Å². The minimum Gasteiger partial charge on any atom is -0.493 e. The summed E-state index contributed by atoms with van der Waals surface area (Å²) in [7, 11) is 3.29. The summed E-state index contributed by atoms with van der Waals surface area (Å²) in [6, 6.07) is 10.6. The molecule has 32 heavy (non-hydrogen) atoms. The van der Waals surface area contributed by atoms with Crippen LogP contribution >= 0.6 is 11.8 Å². The van der Waals surface area contributed by atoms with Gasteiger partial charge in [-0.1, -0.05) is 30.8 Å². The second kappa shape index (κ2) is 10.6. The zero-order chi connectivity index (χ0) is 23.1. The van der Waals surface area contributed by atoms with Crippen LogP contribution in [0.4, 0.5) is 5.69 Å². The number of benzene rings is 2. The number of hydrogen-bond donors (Lipinski definition) is 1. The van der Waals surface area contributed by atoms with Crippen molar-refractivity contribution in [1.82, 2.24) is 15.0 Å². The molecule has 0 radical (unpaired) electrons. The van der Waals surface area contributed by atoms with Crippen molar-refractivity contribution in [2.75, 3.05) is 19.5 Å². The largest absolute Gasteiger partial charge is 0.493 e. The highest BCUT2D eigenvalue weighted by Gasteiger charge is 2.22. The van der Waals surface area contributed by atoms with E-state index in [4.69, 9.17) is 9.47 Å². The van der Waals surface area contributed by atoms with Gasteiger partial charge in [0.15, 0.2) is 10.9 Å². The topological polar surface area (TPSA) is 121 Å². The SMILES string of the molecule is CCCOc1c(OC)cc(/C=N\NC(=O)CSc2nc3ccccc3n2C)cc1[N+](=O)[O-]. The van der Waals surface area contributed by atoms with Gasteiger partial charge in [0.25, 0.3) is 5.91 Å². The Morgan fingerprint density at radius 1 is 1.38 bits per heavy atom. The summed E-state index contributed by atoms with van der Waals surface area (Å²) in [5.74, 6) is 0.0711. The average Bonchev–Trinajstić information content (AvgIpc) is 3.11. The van der Waals surface area contributed by atoms with E-state index in [1.807, 2.05) is 42.8 Å². The first-order chi connectivity index (χ1) is 15.4. The van der Waals surface area contributed by atoms with Crippen molar-refractivity contribution >= 4 is 40.6 Å². The highest BCUT2D eigenvalue weighted by atomic mass is 32.2. The second-order valence-electron chi connectivity index (χ2n) is 6.70. The van der Waals surface area contributed by atoms with Crippen molar-refractivity contribution in [1.29, 1.82) is 0 Å². The lowest BCUT2D eigenvalue weighted by Crippen LogP contribution is -2.19. The zero-order valence-corrected chi connectivity index (χ0v) is 18.7. The lowest BCUT2D eigenvalue weighted by Gasteiger charge is -2.11. The van der Waals surface area contributed by atoms with E-state index >= 15 is 0 Å². The van der Waals surface area contributed by atoms with Crippen LogP contribution in [0.15, 0.2) is 46.7 Å². The third-order valence-corrected chi connectivity index (χ3v) is 5.44. The third kappa shape index (κ3) is 5.35. The number of rotatable bonds is 10. The van der Waals surface area contributed by atoms with E-state index in [-0.39, 0.29) is 28.8 Å². The van der Waals surface area contributed by atoms with E-state index in [0.717, 1.165) is 11.0 Å². The van der Waals surface area contributed by atoms with Crippen LogP contribution in [0.1, 0.15) is 18.9 Å². The number of ether oxygens (including phenoxy) is 2. The Labute approximate surface area is 188 Å². The van der Waals surface area contributed by atoms with Crippen molar-refractivity contribution in [3.63, 3.8) is 0 Å². The van der Waals surface area contributed by atoms with Gasteiger partial charge >= 0.3 is 5.69 Å². The molecule has 10 nitrogen and oxygen atoms in total. The standard InChI is InChI=1S/C21H23N5O5S/c1-4-9-31-20-17(26(28)29)10-14(11-18(20)30-3)12-22-24-19(27)13-32-21-23-15-7-5-6-8-16(15)25(21)2/h5-8,10-12H,4,9,13H2,1-3H3,(H,24,27)/b22-12-. The smallest absolute Gasteiger partial charge is 0.315 e. The number of hydrazone groups is 1. The van der Waals surface area contributed by atoms with E-state index in [9.17, 15) is 14.9 Å². The summed E-state index contributed by atoms with van der Waals surface area (Å²) >= 11 is 1.29. The van der Waals surface area contributed by atoms with Crippen molar-refractivity contribution in [2.24, 2.45) is 12.1 Å². The zero-order valence-electron chi connectivity index (χ0n) is 17.9. The molecule has 0 aliphatic rings. The number of carbonyl (C=O) groups is 1. The number of nitro groups is 1. The number of imidazole rings is 1. The number of methoxy groups -OCH3 is 1. The van der Waals surface area contributed by atoms with E-state index in [0.29, 0.717) is 23.7 Å². The van der Waals surface area contributed by atoms with Crippen molar-refractivity contribution in [3.8, 4) is 11.5 Å². The number of nitro benzene ring substituents is 1. The lowest BCUT2D eigenvalue weighted by atomic mass is 10.2. The Bertz CT molecular complexity index is 1160. The molecule has 0 aliphatic carbocycles. The molecule has 1 amide bonds. The molecule has 0 unspecified atom stereocenters. The molecule has 0 atom stereocenters. The normalized spacial score (nSPS) is 11.1. The van der Waals surface area contributed by atoms with Crippen molar-refractivity contribution in [2.45, 2.75) is 18.5 Å². The number of aromatic nitrogens is 2. The van der Waals surface area contributed by atoms with Gasteiger partial charge in [-0.3, -0.25) is 14.9 Å². The van der Waals surface area contributed by atoms with Gasteiger partial charge in [0.05, 0.1) is 41.6 Å². The summed E-state index contributed by atoms with van der Waals surface area (Å²) in [4.78, 5) is 27.6. The molecule has 0 bridgehead atoms. The summed E-state index contributed by atoms with van der Waals surface area (Å²) in [5.41, 5.74) is 4.42. The fraction of sp³-hybridized carbons (Fsp3) is 0.286. The molecule has 0 aliphatic heterocycles. The van der Waals surface area contributed by atoms with E-state index in [1.165, 1.54) is 31.2 Å². The number of thioether (sulfide) groups is 1. The minimum atomic E-state index is -0.545. The molecule has 3 rings (SSSR count). The Morgan fingerprint density at radius 3 is 2.84 bits per heavy atom. The first kappa shape index (κ1) is 23.1. The fourth-order valence-electron chi connectivity index (χ4n) is 2.91. The van der Waals surface area contributed by atoms with Gasteiger partial charge < -0.3 is 14.0 Å². The van der Waals surface area contributed by atoms with Crippen LogP contribution in [-0.2, 0) is 11.8 Å². The Hall–Kier alpha value is -3.60. The first-order valence-electron chi connectivity index (χ1n) is 9.80. The molecule has 3 aromatic rings. The van der Waals surface area contributed by atoms with Crippen molar-refractivity contribution < 1.29 is 19.2 Å². The Balaban J connectivity index is 1.65. The molecular weight excluding hydrogens is 434 g/mol. The fourth-order valence-corrected chi connectivity index (χ4v) is 3.69. The molecule has 1 N–H and O–H groups in total. The summed E-state index contributed by atoms with van der Waals surface area (Å²) in [6.45, 7) is 2.22. The number of amides is 1. The average molecular weight is 458 g/mol. The van der Waals surface area contributed by atoms with Gasteiger partial charge in [0, 0.05) is 18.7 Å². The van der Waals surface area contributed by atoms with E-state index in [2.05, 4.69) is 15.5 Å². The number of para-hydroxylation sites is 2. The summed E-state index contributed by atoms with van der Waals surface area (Å²) < 4.78 is 12.6. The molecule has 0 saturated heterocycles. The third-order valence-electron chi connectivity index (χ3n) is 4.41. The summed E-state index contributed by atoms with van der Waals surface area (Å²) in [6.07, 6.45) is 2.01. The molecule has 2 aromatic carbocycles. The quantitative estimate of drug-likeness (QED) is 0.214. The van der Waals surface area contributed by atoms with Crippen LogP contribution in [0.5, 0.6) is 11.5 Å². The van der Waals surface area contributed by atoms with E-state index in [1.54, 1.807) is 6.07 Å². The van der Waals surface area contributed by atoms with Crippen LogP contribution in [0.25, 0.3) is 11.0 Å². The van der Waals surface area contributed by atoms with Crippen LogP contribution < -0.4 is 14.9 Å². The Morgan fingerprint density at radius 2 is 2.16 bits per heavy atom. The van der Waals surface area contributed by atoms with Crippen LogP contribution in [-0.4, -0.2) is 46.1 Å². The maximum atomic E-state index is 12.2. The maximum Gasteiger partial charge on any atom is 0.315 e. The molecule has 0 fully saturated rings. The van der Waals surface area contributed by atoms with Gasteiger partial charge in [-0.15, -0.1) is 0 Å². The number of aryl methyl sites for hydroxylation is 1. The molecule has 1 heterocycles. The second-order valence-corrected chi connectivity index (χ2v) is 7.64. The minimum absolute atomic E-state index is 0.0689. The predicted octanol–water partition coefficient (Wildman–Crippen LogP) is 3.52. The maximum absolute atomic E-state index is 12.2. The first-order valence-corrected chi connectivity index (χ1v) is 10.8. The monoisotopic (exact) mass is 457 g/mol. The molecule has 0 spiro atoms. The number of carbonyl (C=O) groups excluding carboxylic acids is 1. The molecule has 1 aromatic heterocycles. The van der Waals surface area contributed by atoms with Crippen LogP contribution in [0.3, 0.4) is 0 Å². The number of hydrogen-bond acceptors (Lipinski definition) is 8. The highest BCUT2D eigenvalue weighted by molar-refractivity contribution is 7.99. The number of nitrogens with one attached hydrogen (secondary N) is 1. The molecule has 11 heteroatoms. The van der Waals surface area contributed by atoms with Gasteiger partial charge in [0.2, 0.25) is 5.75 Å². The van der Waals surface area contributed by atoms with Gasteiger partial charge in [-0.05, 0) is 24.6 Å². The van der Waals surface area contributed by atoms with Crippen LogP contribution in [0.2, 0.25) is 0 Å².